The van der Waals surface area contributed by atoms with Crippen LogP contribution in [0.5, 0.6) is 0 Å². The Hall–Kier alpha value is -2.44. The predicted molar refractivity (Wildman–Crippen MR) is 104 cm³/mol. The molecule has 1 aromatic heterocycles. The van der Waals surface area contributed by atoms with Crippen molar-refractivity contribution in [2.45, 2.75) is 23.8 Å². The molecule has 0 aliphatic carbocycles. The Labute approximate surface area is 153 Å². The zero-order valence-corrected chi connectivity index (χ0v) is 15.2. The summed E-state index contributed by atoms with van der Waals surface area (Å²) in [6.45, 7) is 1.69. The second kappa shape index (κ2) is 7.05. The van der Waals surface area contributed by atoms with Gasteiger partial charge >= 0.3 is 0 Å². The number of para-hydroxylation sites is 1. The zero-order chi connectivity index (χ0) is 18.0. The molecule has 1 fully saturated rings. The Bertz CT molecular complexity index is 993. The van der Waals surface area contributed by atoms with E-state index in [1.165, 1.54) is 5.69 Å². The van der Waals surface area contributed by atoms with Gasteiger partial charge in [0.2, 0.25) is 10.0 Å². The van der Waals surface area contributed by atoms with Gasteiger partial charge in [0.15, 0.2) is 0 Å². The molecule has 0 bridgehead atoms. The largest absolute Gasteiger partial charge is 0.371 e. The summed E-state index contributed by atoms with van der Waals surface area (Å²) in [6.07, 6.45) is 4.90. The highest BCUT2D eigenvalue weighted by atomic mass is 32.2. The molecule has 5 nitrogen and oxygen atoms in total. The fourth-order valence-corrected chi connectivity index (χ4v) is 5.04. The lowest BCUT2D eigenvalue weighted by molar-refractivity contribution is 0.460. The second-order valence-electron chi connectivity index (χ2n) is 6.57. The van der Waals surface area contributed by atoms with E-state index >= 15 is 0 Å². The molecule has 1 N–H and O–H groups in total. The van der Waals surface area contributed by atoms with Crippen molar-refractivity contribution in [2.75, 3.05) is 18.0 Å². The summed E-state index contributed by atoms with van der Waals surface area (Å²) in [5.74, 6) is 0. The van der Waals surface area contributed by atoms with Crippen molar-refractivity contribution in [2.24, 2.45) is 0 Å². The third-order valence-electron chi connectivity index (χ3n) is 4.87. The first-order valence-corrected chi connectivity index (χ1v) is 10.3. The lowest BCUT2D eigenvalue weighted by Crippen LogP contribution is -2.44. The maximum Gasteiger partial charge on any atom is 0.241 e. The summed E-state index contributed by atoms with van der Waals surface area (Å²) in [5.41, 5.74) is 1.19. The van der Waals surface area contributed by atoms with E-state index in [4.69, 9.17) is 0 Å². The van der Waals surface area contributed by atoms with Gasteiger partial charge in [-0.25, -0.2) is 13.1 Å². The molecule has 1 saturated heterocycles. The molecule has 1 aliphatic heterocycles. The fraction of sp³-hybridized carbons (Fsp3) is 0.250. The lowest BCUT2D eigenvalue weighted by Gasteiger charge is -2.33. The van der Waals surface area contributed by atoms with Crippen LogP contribution in [-0.2, 0) is 10.0 Å². The molecule has 26 heavy (non-hydrogen) atoms. The van der Waals surface area contributed by atoms with Crippen LogP contribution < -0.4 is 9.62 Å². The van der Waals surface area contributed by atoms with E-state index in [1.807, 2.05) is 24.3 Å². The summed E-state index contributed by atoms with van der Waals surface area (Å²) in [4.78, 5) is 6.69. The molecule has 2 aromatic carbocycles. The molecule has 134 valence electrons. The molecule has 3 aromatic rings. The highest BCUT2D eigenvalue weighted by Crippen LogP contribution is 2.24. The van der Waals surface area contributed by atoms with Gasteiger partial charge in [-0.2, -0.15) is 0 Å². The SMILES string of the molecule is O=S(=O)(NC1CCN(c2ccccc2)CC1)c1cccc2cnccc12. The van der Waals surface area contributed by atoms with E-state index in [0.29, 0.717) is 10.3 Å². The topological polar surface area (TPSA) is 62.3 Å². The first-order valence-electron chi connectivity index (χ1n) is 8.78. The fourth-order valence-electron chi connectivity index (χ4n) is 3.50. The van der Waals surface area contributed by atoms with Gasteiger partial charge in [-0.15, -0.1) is 0 Å². The molecule has 6 heteroatoms. The molecule has 2 heterocycles. The molecule has 0 spiro atoms. The average molecular weight is 367 g/mol. The third-order valence-corrected chi connectivity index (χ3v) is 6.45. The van der Waals surface area contributed by atoms with Crippen LogP contribution in [0.1, 0.15) is 12.8 Å². The van der Waals surface area contributed by atoms with Crippen LogP contribution in [0.3, 0.4) is 0 Å². The molecular formula is C20H21N3O2S. The maximum atomic E-state index is 12.9. The Morgan fingerprint density at radius 1 is 0.962 bits per heavy atom. The predicted octanol–water partition coefficient (Wildman–Crippen LogP) is 3.18. The van der Waals surface area contributed by atoms with Gasteiger partial charge in [0, 0.05) is 48.0 Å². The van der Waals surface area contributed by atoms with E-state index in [-0.39, 0.29) is 6.04 Å². The van der Waals surface area contributed by atoms with Gasteiger partial charge in [-0.3, -0.25) is 4.98 Å². The number of nitrogens with one attached hydrogen (secondary N) is 1. The standard InChI is InChI=1S/C20H21N3O2S/c24-26(25,20-8-4-5-16-15-21-12-9-19(16)20)22-17-10-13-23(14-11-17)18-6-2-1-3-7-18/h1-9,12,15,17,22H,10-11,13-14H2. The third kappa shape index (κ3) is 3.43. The van der Waals surface area contributed by atoms with Crippen LogP contribution >= 0.6 is 0 Å². The Morgan fingerprint density at radius 3 is 2.50 bits per heavy atom. The number of fused-ring (bicyclic) bond motifs is 1. The lowest BCUT2D eigenvalue weighted by atomic mass is 10.1. The smallest absolute Gasteiger partial charge is 0.241 e. The summed E-state index contributed by atoms with van der Waals surface area (Å²) >= 11 is 0. The normalized spacial score (nSPS) is 16.1. The number of nitrogens with zero attached hydrogens (tertiary/aromatic N) is 2. The van der Waals surface area contributed by atoms with Gasteiger partial charge in [-0.05, 0) is 37.1 Å². The molecule has 0 saturated carbocycles. The minimum Gasteiger partial charge on any atom is -0.371 e. The summed E-state index contributed by atoms with van der Waals surface area (Å²) in [5, 5.41) is 1.53. The minimum absolute atomic E-state index is 0.0444. The van der Waals surface area contributed by atoms with Crippen molar-refractivity contribution in [1.29, 1.82) is 0 Å². The van der Waals surface area contributed by atoms with Gasteiger partial charge in [0.1, 0.15) is 0 Å². The molecule has 4 rings (SSSR count). The van der Waals surface area contributed by atoms with Gasteiger partial charge in [0.05, 0.1) is 4.90 Å². The molecule has 0 atom stereocenters. The monoisotopic (exact) mass is 367 g/mol. The van der Waals surface area contributed by atoms with Gasteiger partial charge in [0.25, 0.3) is 0 Å². The number of benzene rings is 2. The first kappa shape index (κ1) is 17.0. The Morgan fingerprint density at radius 2 is 1.73 bits per heavy atom. The molecule has 1 aliphatic rings. The maximum absolute atomic E-state index is 12.9. The van der Waals surface area contributed by atoms with Crippen molar-refractivity contribution >= 4 is 26.5 Å². The van der Waals surface area contributed by atoms with E-state index in [9.17, 15) is 8.42 Å². The van der Waals surface area contributed by atoms with E-state index in [0.717, 1.165) is 31.3 Å². The van der Waals surface area contributed by atoms with Crippen molar-refractivity contribution < 1.29 is 8.42 Å². The molecule has 0 unspecified atom stereocenters. The Balaban J connectivity index is 1.49. The summed E-state index contributed by atoms with van der Waals surface area (Å²) in [6, 6.07) is 17.2. The number of rotatable bonds is 4. The molecule has 0 amide bonds. The number of aromatic nitrogens is 1. The quantitative estimate of drug-likeness (QED) is 0.769. The van der Waals surface area contributed by atoms with Crippen LogP contribution in [0.25, 0.3) is 10.8 Å². The van der Waals surface area contributed by atoms with Crippen molar-refractivity contribution in [3.63, 3.8) is 0 Å². The average Bonchev–Trinajstić information content (AvgIpc) is 2.68. The van der Waals surface area contributed by atoms with Crippen molar-refractivity contribution in [3.8, 4) is 0 Å². The number of sulfonamides is 1. The molecular weight excluding hydrogens is 346 g/mol. The van der Waals surface area contributed by atoms with Gasteiger partial charge < -0.3 is 4.90 Å². The number of anilines is 1. The highest BCUT2D eigenvalue weighted by molar-refractivity contribution is 7.89. The first-order chi connectivity index (χ1) is 12.6. The highest BCUT2D eigenvalue weighted by Gasteiger charge is 2.25. The van der Waals surface area contributed by atoms with Crippen LogP contribution in [0.15, 0.2) is 71.9 Å². The van der Waals surface area contributed by atoms with Crippen LogP contribution in [0.4, 0.5) is 5.69 Å². The zero-order valence-electron chi connectivity index (χ0n) is 14.4. The second-order valence-corrected chi connectivity index (χ2v) is 8.25. The minimum atomic E-state index is -3.56. The summed E-state index contributed by atoms with van der Waals surface area (Å²) < 4.78 is 28.7. The number of hydrogen-bond acceptors (Lipinski definition) is 4. The van der Waals surface area contributed by atoms with Crippen LogP contribution in [0.2, 0.25) is 0 Å². The van der Waals surface area contributed by atoms with Crippen LogP contribution in [0, 0.1) is 0 Å². The van der Waals surface area contributed by atoms with Crippen LogP contribution in [-0.4, -0.2) is 32.5 Å². The summed E-state index contributed by atoms with van der Waals surface area (Å²) in [7, 11) is -3.56. The van der Waals surface area contributed by atoms with E-state index in [2.05, 4.69) is 26.7 Å². The van der Waals surface area contributed by atoms with Crippen molar-refractivity contribution in [3.05, 3.63) is 67.0 Å². The number of pyridine rings is 1. The Kier molecular flexibility index (Phi) is 4.61. The van der Waals surface area contributed by atoms with Gasteiger partial charge in [-0.1, -0.05) is 30.3 Å². The van der Waals surface area contributed by atoms with E-state index in [1.54, 1.807) is 30.6 Å². The van der Waals surface area contributed by atoms with E-state index < -0.39 is 10.0 Å². The number of hydrogen-bond donors (Lipinski definition) is 1. The number of piperidine rings is 1. The van der Waals surface area contributed by atoms with Crippen molar-refractivity contribution in [1.82, 2.24) is 9.71 Å². The molecule has 0 radical (unpaired) electrons.